The standard InChI is InChI=1S/C24H30N4S2/c1-3-27(17-20-15-21(25)7-4-18(20)2)24-26-16-23(30-24)14-19-5-8-22(9-6-19)28-10-12-29-13-11-28/h4-9,15-16H,3,10-14,17,25H2,1-2H3. The van der Waals surface area contributed by atoms with Crippen LogP contribution in [0.25, 0.3) is 0 Å². The lowest BCUT2D eigenvalue weighted by Gasteiger charge is -2.28. The zero-order chi connectivity index (χ0) is 20.9. The van der Waals surface area contributed by atoms with Gasteiger partial charge in [0.2, 0.25) is 0 Å². The van der Waals surface area contributed by atoms with Crippen molar-refractivity contribution in [1.82, 2.24) is 4.98 Å². The van der Waals surface area contributed by atoms with Gasteiger partial charge >= 0.3 is 0 Å². The maximum absolute atomic E-state index is 6.00. The van der Waals surface area contributed by atoms with E-state index in [1.807, 2.05) is 24.0 Å². The van der Waals surface area contributed by atoms with Crippen LogP contribution in [-0.4, -0.2) is 36.1 Å². The molecule has 158 valence electrons. The predicted octanol–water partition coefficient (Wildman–Crippen LogP) is 5.20. The van der Waals surface area contributed by atoms with E-state index in [1.54, 1.807) is 11.3 Å². The molecule has 4 nitrogen and oxygen atoms in total. The van der Waals surface area contributed by atoms with Gasteiger partial charge in [0, 0.05) is 66.6 Å². The number of benzene rings is 2. The molecule has 1 saturated heterocycles. The van der Waals surface area contributed by atoms with Crippen LogP contribution in [-0.2, 0) is 13.0 Å². The Labute approximate surface area is 188 Å². The van der Waals surface area contributed by atoms with Gasteiger partial charge in [-0.15, -0.1) is 11.3 Å². The van der Waals surface area contributed by atoms with Crippen molar-refractivity contribution < 1.29 is 0 Å². The maximum atomic E-state index is 6.00. The second-order valence-electron chi connectivity index (χ2n) is 7.75. The zero-order valence-electron chi connectivity index (χ0n) is 17.8. The summed E-state index contributed by atoms with van der Waals surface area (Å²) in [5.41, 5.74) is 12.0. The van der Waals surface area contributed by atoms with Gasteiger partial charge in [0.1, 0.15) is 0 Å². The van der Waals surface area contributed by atoms with Crippen LogP contribution in [0.4, 0.5) is 16.5 Å². The van der Waals surface area contributed by atoms with Crippen molar-refractivity contribution in [3.05, 3.63) is 70.2 Å². The summed E-state index contributed by atoms with van der Waals surface area (Å²) in [4.78, 5) is 10.8. The van der Waals surface area contributed by atoms with Gasteiger partial charge in [0.05, 0.1) is 0 Å². The van der Waals surface area contributed by atoms with Crippen LogP contribution in [0.3, 0.4) is 0 Å². The van der Waals surface area contributed by atoms with Crippen molar-refractivity contribution in [1.29, 1.82) is 0 Å². The van der Waals surface area contributed by atoms with Crippen LogP contribution >= 0.6 is 23.1 Å². The molecule has 6 heteroatoms. The van der Waals surface area contributed by atoms with E-state index in [9.17, 15) is 0 Å². The predicted molar refractivity (Wildman–Crippen MR) is 133 cm³/mol. The number of hydrogen-bond donors (Lipinski definition) is 1. The van der Waals surface area contributed by atoms with Gasteiger partial charge in [0.15, 0.2) is 5.13 Å². The number of rotatable bonds is 7. The monoisotopic (exact) mass is 438 g/mol. The summed E-state index contributed by atoms with van der Waals surface area (Å²) in [6, 6.07) is 15.2. The van der Waals surface area contributed by atoms with Gasteiger partial charge in [0.25, 0.3) is 0 Å². The van der Waals surface area contributed by atoms with Crippen molar-refractivity contribution in [2.45, 2.75) is 26.8 Å². The number of thioether (sulfide) groups is 1. The number of aryl methyl sites for hydroxylation is 1. The largest absolute Gasteiger partial charge is 0.399 e. The summed E-state index contributed by atoms with van der Waals surface area (Å²) in [5.74, 6) is 2.46. The van der Waals surface area contributed by atoms with E-state index < -0.39 is 0 Å². The highest BCUT2D eigenvalue weighted by Crippen LogP contribution is 2.28. The van der Waals surface area contributed by atoms with Crippen LogP contribution in [0, 0.1) is 6.92 Å². The Balaban J connectivity index is 1.42. The summed E-state index contributed by atoms with van der Waals surface area (Å²) in [6.07, 6.45) is 2.97. The van der Waals surface area contributed by atoms with Gasteiger partial charge < -0.3 is 15.5 Å². The highest BCUT2D eigenvalue weighted by molar-refractivity contribution is 7.99. The molecule has 0 radical (unpaired) electrons. The third-order valence-electron chi connectivity index (χ3n) is 5.62. The molecule has 0 atom stereocenters. The maximum Gasteiger partial charge on any atom is 0.185 e. The topological polar surface area (TPSA) is 45.4 Å². The average Bonchev–Trinajstić information content (AvgIpc) is 3.23. The molecule has 2 aromatic carbocycles. The molecule has 2 heterocycles. The van der Waals surface area contributed by atoms with E-state index in [2.05, 4.69) is 60.0 Å². The lowest BCUT2D eigenvalue weighted by atomic mass is 10.1. The highest BCUT2D eigenvalue weighted by atomic mass is 32.2. The van der Waals surface area contributed by atoms with Crippen molar-refractivity contribution in [3.63, 3.8) is 0 Å². The number of thiazole rings is 1. The molecule has 2 N–H and O–H groups in total. The number of nitrogens with two attached hydrogens (primary N) is 1. The first-order valence-corrected chi connectivity index (χ1v) is 12.6. The fourth-order valence-electron chi connectivity index (χ4n) is 3.75. The van der Waals surface area contributed by atoms with E-state index in [1.165, 1.54) is 38.8 Å². The summed E-state index contributed by atoms with van der Waals surface area (Å²) in [7, 11) is 0. The molecule has 0 spiro atoms. The first-order chi connectivity index (χ1) is 14.6. The minimum absolute atomic E-state index is 0.818. The lowest BCUT2D eigenvalue weighted by Crippen LogP contribution is -2.32. The molecule has 3 aromatic rings. The molecule has 1 aliphatic heterocycles. The van der Waals surface area contributed by atoms with E-state index >= 15 is 0 Å². The summed E-state index contributed by atoms with van der Waals surface area (Å²) >= 11 is 3.84. The molecule has 1 fully saturated rings. The molecular weight excluding hydrogens is 408 g/mol. The second-order valence-corrected chi connectivity index (χ2v) is 10.1. The van der Waals surface area contributed by atoms with Gasteiger partial charge in [-0.2, -0.15) is 11.8 Å². The molecule has 4 rings (SSSR count). The Bertz CT molecular complexity index is 962. The van der Waals surface area contributed by atoms with Crippen molar-refractivity contribution in [2.24, 2.45) is 0 Å². The number of aromatic nitrogens is 1. The fraction of sp³-hybridized carbons (Fsp3) is 0.375. The third kappa shape index (κ3) is 5.10. The van der Waals surface area contributed by atoms with Gasteiger partial charge in [-0.25, -0.2) is 4.98 Å². The Morgan fingerprint density at radius 3 is 2.60 bits per heavy atom. The van der Waals surface area contributed by atoms with Crippen molar-refractivity contribution in [2.75, 3.05) is 46.7 Å². The first-order valence-electron chi connectivity index (χ1n) is 10.6. The number of nitrogen functional groups attached to an aromatic ring is 1. The molecule has 0 saturated carbocycles. The summed E-state index contributed by atoms with van der Waals surface area (Å²) < 4.78 is 0. The van der Waals surface area contributed by atoms with E-state index in [0.717, 1.165) is 43.4 Å². The van der Waals surface area contributed by atoms with Crippen LogP contribution in [0.15, 0.2) is 48.7 Å². The quantitative estimate of drug-likeness (QED) is 0.514. The molecule has 0 bridgehead atoms. The molecule has 0 aliphatic carbocycles. The average molecular weight is 439 g/mol. The molecule has 0 unspecified atom stereocenters. The molecular formula is C24H30N4S2. The molecule has 1 aliphatic rings. The minimum Gasteiger partial charge on any atom is -0.399 e. The zero-order valence-corrected chi connectivity index (χ0v) is 19.4. The van der Waals surface area contributed by atoms with Crippen molar-refractivity contribution >= 4 is 39.6 Å². The Kier molecular flexibility index (Phi) is 6.85. The normalized spacial score (nSPS) is 14.1. The number of nitrogens with zero attached hydrogens (tertiary/aromatic N) is 3. The number of hydrogen-bond acceptors (Lipinski definition) is 6. The molecule has 1 aromatic heterocycles. The van der Waals surface area contributed by atoms with E-state index in [-0.39, 0.29) is 0 Å². The second kappa shape index (κ2) is 9.75. The van der Waals surface area contributed by atoms with Crippen molar-refractivity contribution in [3.8, 4) is 0 Å². The summed E-state index contributed by atoms with van der Waals surface area (Å²) in [6.45, 7) is 8.39. The van der Waals surface area contributed by atoms with E-state index in [0.29, 0.717) is 0 Å². The SMILES string of the molecule is CCN(Cc1cc(N)ccc1C)c1ncc(Cc2ccc(N3CCSCC3)cc2)s1. The Hall–Kier alpha value is -2.18. The summed E-state index contributed by atoms with van der Waals surface area (Å²) in [5, 5.41) is 1.08. The Morgan fingerprint density at radius 2 is 1.87 bits per heavy atom. The van der Waals surface area contributed by atoms with Gasteiger partial charge in [-0.05, 0) is 54.8 Å². The highest BCUT2D eigenvalue weighted by Gasteiger charge is 2.13. The number of anilines is 3. The Morgan fingerprint density at radius 1 is 1.10 bits per heavy atom. The molecule has 30 heavy (non-hydrogen) atoms. The van der Waals surface area contributed by atoms with Crippen LogP contribution in [0.5, 0.6) is 0 Å². The van der Waals surface area contributed by atoms with Crippen LogP contribution in [0.1, 0.15) is 28.5 Å². The van der Waals surface area contributed by atoms with Crippen LogP contribution in [0.2, 0.25) is 0 Å². The fourth-order valence-corrected chi connectivity index (χ4v) is 5.66. The van der Waals surface area contributed by atoms with E-state index in [4.69, 9.17) is 10.7 Å². The minimum atomic E-state index is 0.818. The molecule has 0 amide bonds. The van der Waals surface area contributed by atoms with Gasteiger partial charge in [-0.3, -0.25) is 0 Å². The third-order valence-corrected chi connectivity index (χ3v) is 7.62. The van der Waals surface area contributed by atoms with Gasteiger partial charge in [-0.1, -0.05) is 18.2 Å². The first kappa shape index (κ1) is 21.1. The lowest BCUT2D eigenvalue weighted by molar-refractivity contribution is 0.822. The smallest absolute Gasteiger partial charge is 0.185 e. The van der Waals surface area contributed by atoms with Crippen LogP contribution < -0.4 is 15.5 Å².